The Morgan fingerprint density at radius 3 is 2.53 bits per heavy atom. The van der Waals surface area contributed by atoms with Gasteiger partial charge in [-0.25, -0.2) is 0 Å². The summed E-state index contributed by atoms with van der Waals surface area (Å²) in [6.45, 7) is 3.68. The number of aromatic hydroxyl groups is 1. The zero-order valence-corrected chi connectivity index (χ0v) is 22.1. The standard InChI is InChI=1S/C31H34N2O5/c1-20-10-12-21(13-11-20)23-8-4-5-9-24(23)29(35)32-18-31-16-6-7-22(31)17-33(19-31)30(36)25-14-15-26(37-2)28(38-3)27(25)34/h4-5,8-15,22,34H,6-7,16-19H2,1-3H3,(H,32,35)/t22-,31-/m0/s1. The molecule has 0 bridgehead atoms. The van der Waals surface area contributed by atoms with Crippen LogP contribution in [0.1, 0.15) is 45.5 Å². The predicted octanol–water partition coefficient (Wildman–Crippen LogP) is 5.06. The van der Waals surface area contributed by atoms with Gasteiger partial charge in [0.15, 0.2) is 11.5 Å². The maximum Gasteiger partial charge on any atom is 0.257 e. The summed E-state index contributed by atoms with van der Waals surface area (Å²) in [5, 5.41) is 13.9. The highest BCUT2D eigenvalue weighted by molar-refractivity contribution is 6.01. The first kappa shape index (κ1) is 25.6. The number of hydrogen-bond acceptors (Lipinski definition) is 5. The summed E-state index contributed by atoms with van der Waals surface area (Å²) < 4.78 is 10.5. The van der Waals surface area contributed by atoms with Gasteiger partial charge in [0.25, 0.3) is 11.8 Å². The van der Waals surface area contributed by atoms with Gasteiger partial charge in [-0.2, -0.15) is 0 Å². The van der Waals surface area contributed by atoms with Gasteiger partial charge in [0, 0.05) is 30.6 Å². The average molecular weight is 515 g/mol. The van der Waals surface area contributed by atoms with Crippen LogP contribution in [0, 0.1) is 18.3 Å². The van der Waals surface area contributed by atoms with Crippen LogP contribution in [0.3, 0.4) is 0 Å². The molecule has 0 spiro atoms. The number of benzene rings is 3. The first-order valence-electron chi connectivity index (χ1n) is 13.0. The minimum atomic E-state index is -0.242. The number of aryl methyl sites for hydroxylation is 1. The van der Waals surface area contributed by atoms with Crippen molar-refractivity contribution in [3.05, 3.63) is 77.4 Å². The molecule has 2 amide bonds. The number of amides is 2. The van der Waals surface area contributed by atoms with E-state index in [0.717, 1.165) is 30.4 Å². The lowest BCUT2D eigenvalue weighted by atomic mass is 9.80. The zero-order chi connectivity index (χ0) is 26.9. The fourth-order valence-corrected chi connectivity index (χ4v) is 6.13. The van der Waals surface area contributed by atoms with Crippen LogP contribution >= 0.6 is 0 Å². The summed E-state index contributed by atoms with van der Waals surface area (Å²) in [5.41, 5.74) is 3.72. The molecule has 0 unspecified atom stereocenters. The van der Waals surface area contributed by atoms with Gasteiger partial charge in [-0.1, -0.05) is 54.4 Å². The second-order valence-corrected chi connectivity index (χ2v) is 10.4. The molecule has 0 aromatic heterocycles. The summed E-state index contributed by atoms with van der Waals surface area (Å²) >= 11 is 0. The normalized spacial score (nSPS) is 20.2. The van der Waals surface area contributed by atoms with Crippen molar-refractivity contribution >= 4 is 11.8 Å². The number of carbonyl (C=O) groups is 2. The lowest BCUT2D eigenvalue weighted by Crippen LogP contribution is -2.41. The molecule has 7 heteroatoms. The highest BCUT2D eigenvalue weighted by Crippen LogP contribution is 2.49. The van der Waals surface area contributed by atoms with Crippen LogP contribution in [0.5, 0.6) is 17.2 Å². The van der Waals surface area contributed by atoms with E-state index in [-0.39, 0.29) is 34.3 Å². The molecule has 2 N–H and O–H groups in total. The molecule has 1 aliphatic carbocycles. The topological polar surface area (TPSA) is 88.1 Å². The Morgan fingerprint density at radius 2 is 1.79 bits per heavy atom. The SMILES string of the molecule is COc1ccc(C(=O)N2C[C@@H]3CCC[C@]3(CNC(=O)c3ccccc3-c3ccc(C)cc3)C2)c(O)c1OC. The Bertz CT molecular complexity index is 1350. The summed E-state index contributed by atoms with van der Waals surface area (Å²) in [5.74, 6) is 0.235. The molecule has 1 saturated carbocycles. The quantitative estimate of drug-likeness (QED) is 0.460. The van der Waals surface area contributed by atoms with Crippen molar-refractivity contribution in [2.24, 2.45) is 11.3 Å². The number of rotatable bonds is 7. The van der Waals surface area contributed by atoms with Gasteiger partial charge in [0.1, 0.15) is 0 Å². The molecule has 198 valence electrons. The van der Waals surface area contributed by atoms with Gasteiger partial charge in [-0.05, 0) is 55.0 Å². The van der Waals surface area contributed by atoms with Crippen LogP contribution in [0.2, 0.25) is 0 Å². The minimum absolute atomic E-state index is 0.108. The molecule has 2 aliphatic rings. The monoisotopic (exact) mass is 514 g/mol. The lowest BCUT2D eigenvalue weighted by molar-refractivity contribution is 0.0763. The number of fused-ring (bicyclic) bond motifs is 1. The Kier molecular flexibility index (Phi) is 7.02. The number of methoxy groups -OCH3 is 2. The largest absolute Gasteiger partial charge is 0.504 e. The first-order valence-corrected chi connectivity index (χ1v) is 13.0. The van der Waals surface area contributed by atoms with Crippen LogP contribution in [0.25, 0.3) is 11.1 Å². The maximum atomic E-state index is 13.5. The molecule has 3 aromatic rings. The van der Waals surface area contributed by atoms with E-state index < -0.39 is 0 Å². The second-order valence-electron chi connectivity index (χ2n) is 10.4. The van der Waals surface area contributed by atoms with Crippen molar-refractivity contribution in [1.82, 2.24) is 10.2 Å². The number of hydrogen-bond donors (Lipinski definition) is 2. The third kappa shape index (κ3) is 4.57. The van der Waals surface area contributed by atoms with Crippen molar-refractivity contribution in [3.8, 4) is 28.4 Å². The van der Waals surface area contributed by atoms with Crippen molar-refractivity contribution in [2.75, 3.05) is 33.9 Å². The van der Waals surface area contributed by atoms with E-state index in [0.29, 0.717) is 36.9 Å². The van der Waals surface area contributed by atoms with Gasteiger partial charge in [-0.15, -0.1) is 0 Å². The highest BCUT2D eigenvalue weighted by atomic mass is 16.5. The number of carbonyl (C=O) groups excluding carboxylic acids is 2. The molecule has 0 radical (unpaired) electrons. The van der Waals surface area contributed by atoms with Crippen molar-refractivity contribution < 1.29 is 24.2 Å². The molecular weight excluding hydrogens is 480 g/mol. The van der Waals surface area contributed by atoms with Crippen LogP contribution in [0.4, 0.5) is 0 Å². The summed E-state index contributed by atoms with van der Waals surface area (Å²) in [6, 6.07) is 19.0. The first-order chi connectivity index (χ1) is 18.4. The van der Waals surface area contributed by atoms with Gasteiger partial charge in [0.05, 0.1) is 19.8 Å². The van der Waals surface area contributed by atoms with Gasteiger partial charge >= 0.3 is 0 Å². The van der Waals surface area contributed by atoms with Crippen LogP contribution in [-0.2, 0) is 0 Å². The number of nitrogens with zero attached hydrogens (tertiary/aromatic N) is 1. The Hall–Kier alpha value is -4.00. The van der Waals surface area contributed by atoms with Crippen LogP contribution in [0.15, 0.2) is 60.7 Å². The Balaban J connectivity index is 1.33. The Morgan fingerprint density at radius 1 is 1.03 bits per heavy atom. The molecule has 3 aromatic carbocycles. The number of likely N-dealkylation sites (tertiary alicyclic amines) is 1. The van der Waals surface area contributed by atoms with Crippen molar-refractivity contribution in [3.63, 3.8) is 0 Å². The van der Waals surface area contributed by atoms with E-state index in [2.05, 4.69) is 5.32 Å². The van der Waals surface area contributed by atoms with Crippen molar-refractivity contribution in [1.29, 1.82) is 0 Å². The molecule has 1 heterocycles. The summed E-state index contributed by atoms with van der Waals surface area (Å²) in [4.78, 5) is 28.7. The van der Waals surface area contributed by atoms with E-state index in [9.17, 15) is 14.7 Å². The van der Waals surface area contributed by atoms with E-state index in [1.807, 2.05) is 55.5 Å². The number of phenols is 1. The average Bonchev–Trinajstić information content (AvgIpc) is 3.49. The van der Waals surface area contributed by atoms with E-state index in [1.54, 1.807) is 17.0 Å². The Labute approximate surface area is 223 Å². The van der Waals surface area contributed by atoms with E-state index in [1.165, 1.54) is 19.8 Å². The third-order valence-electron chi connectivity index (χ3n) is 8.21. The fourth-order valence-electron chi connectivity index (χ4n) is 6.13. The van der Waals surface area contributed by atoms with E-state index in [4.69, 9.17) is 9.47 Å². The number of phenolic OH excluding ortho intramolecular Hbond substituents is 1. The maximum absolute atomic E-state index is 13.5. The lowest BCUT2D eigenvalue weighted by Gasteiger charge is -2.29. The van der Waals surface area contributed by atoms with Gasteiger partial charge in [0.2, 0.25) is 5.75 Å². The molecule has 5 rings (SSSR count). The second kappa shape index (κ2) is 10.4. The molecule has 1 saturated heterocycles. The molecule has 1 aliphatic heterocycles. The van der Waals surface area contributed by atoms with Crippen molar-refractivity contribution in [2.45, 2.75) is 26.2 Å². The third-order valence-corrected chi connectivity index (χ3v) is 8.21. The smallest absolute Gasteiger partial charge is 0.257 e. The van der Waals surface area contributed by atoms with Crippen LogP contribution in [-0.4, -0.2) is 55.7 Å². The predicted molar refractivity (Wildman–Crippen MR) is 146 cm³/mol. The molecule has 7 nitrogen and oxygen atoms in total. The number of nitrogens with one attached hydrogen (secondary N) is 1. The molecule has 2 atom stereocenters. The molecule has 38 heavy (non-hydrogen) atoms. The van der Waals surface area contributed by atoms with Gasteiger partial charge in [-0.3, -0.25) is 9.59 Å². The summed E-state index contributed by atoms with van der Waals surface area (Å²) in [6.07, 6.45) is 3.03. The fraction of sp³-hybridized carbons (Fsp3) is 0.355. The van der Waals surface area contributed by atoms with Gasteiger partial charge < -0.3 is 24.8 Å². The van der Waals surface area contributed by atoms with E-state index >= 15 is 0 Å². The molecular formula is C31H34N2O5. The zero-order valence-electron chi connectivity index (χ0n) is 22.1. The van der Waals surface area contributed by atoms with Crippen LogP contribution < -0.4 is 14.8 Å². The minimum Gasteiger partial charge on any atom is -0.504 e. The highest BCUT2D eigenvalue weighted by Gasteiger charge is 2.51. The molecule has 2 fully saturated rings. The summed E-state index contributed by atoms with van der Waals surface area (Å²) in [7, 11) is 2.92. The number of ether oxygens (including phenoxy) is 2.